The molecule has 0 amide bonds. The third kappa shape index (κ3) is 3.14. The molecule has 1 saturated carbocycles. The normalized spacial score (nSPS) is 19.2. The first-order valence-corrected chi connectivity index (χ1v) is 7.06. The molecular weight excluding hydrogens is 258 g/mol. The van der Waals surface area contributed by atoms with Gasteiger partial charge in [-0.15, -0.1) is 11.6 Å². The van der Waals surface area contributed by atoms with E-state index in [1.807, 2.05) is 0 Å². The summed E-state index contributed by atoms with van der Waals surface area (Å²) >= 11 is 12.2. The van der Waals surface area contributed by atoms with E-state index in [2.05, 4.69) is 0 Å². The van der Waals surface area contributed by atoms with E-state index >= 15 is 0 Å². The molecule has 0 bridgehead atoms. The van der Waals surface area contributed by atoms with Gasteiger partial charge in [-0.05, 0) is 42.4 Å². The van der Waals surface area contributed by atoms with E-state index in [0.717, 1.165) is 24.8 Å². The van der Waals surface area contributed by atoms with Crippen molar-refractivity contribution < 1.29 is 4.39 Å². The zero-order valence-corrected chi connectivity index (χ0v) is 11.3. The Kier molecular flexibility index (Phi) is 4.32. The smallest absolute Gasteiger partial charge is 0.124 e. The van der Waals surface area contributed by atoms with Crippen LogP contribution in [-0.2, 0) is 6.42 Å². The van der Waals surface area contributed by atoms with E-state index in [9.17, 15) is 4.39 Å². The van der Waals surface area contributed by atoms with Gasteiger partial charge in [-0.25, -0.2) is 4.39 Å². The van der Waals surface area contributed by atoms with Gasteiger partial charge in [0, 0.05) is 10.9 Å². The predicted octanol–water partition coefficient (Wildman–Crippen LogP) is 5.21. The average Bonchev–Trinajstić information content (AvgIpc) is 2.34. The second-order valence-corrected chi connectivity index (χ2v) is 5.78. The molecule has 3 heteroatoms. The second kappa shape index (κ2) is 5.58. The summed E-state index contributed by atoms with van der Waals surface area (Å²) in [6.45, 7) is 0. The van der Waals surface area contributed by atoms with Crippen LogP contribution in [-0.4, -0.2) is 5.88 Å². The molecule has 1 aromatic carbocycles. The quantitative estimate of drug-likeness (QED) is 0.664. The number of hydrogen-bond donors (Lipinski definition) is 0. The van der Waals surface area contributed by atoms with Crippen LogP contribution >= 0.6 is 23.2 Å². The third-order valence-corrected chi connectivity index (χ3v) is 4.70. The van der Waals surface area contributed by atoms with E-state index < -0.39 is 0 Å². The molecule has 1 aliphatic rings. The number of halogens is 3. The van der Waals surface area contributed by atoms with Crippen molar-refractivity contribution in [3.63, 3.8) is 0 Å². The molecule has 0 radical (unpaired) electrons. The van der Waals surface area contributed by atoms with E-state index in [4.69, 9.17) is 23.2 Å². The Balaban J connectivity index is 2.17. The van der Waals surface area contributed by atoms with Gasteiger partial charge in [0.1, 0.15) is 5.82 Å². The Hall–Kier alpha value is -0.270. The van der Waals surface area contributed by atoms with Crippen molar-refractivity contribution in [1.82, 2.24) is 0 Å². The summed E-state index contributed by atoms with van der Waals surface area (Å²) in [5.41, 5.74) is 1.19. The minimum atomic E-state index is -0.276. The zero-order valence-electron chi connectivity index (χ0n) is 9.82. The Morgan fingerprint density at radius 3 is 2.47 bits per heavy atom. The van der Waals surface area contributed by atoms with Crippen LogP contribution in [0.15, 0.2) is 18.2 Å². The van der Waals surface area contributed by atoms with E-state index in [-0.39, 0.29) is 11.2 Å². The van der Waals surface area contributed by atoms with Crippen molar-refractivity contribution in [2.75, 3.05) is 5.88 Å². The van der Waals surface area contributed by atoms with Crippen molar-refractivity contribution in [3.05, 3.63) is 34.6 Å². The molecule has 1 aliphatic carbocycles. The lowest BCUT2D eigenvalue weighted by atomic mass is 9.72. The van der Waals surface area contributed by atoms with Gasteiger partial charge in [0.15, 0.2) is 0 Å². The highest BCUT2D eigenvalue weighted by molar-refractivity contribution is 6.31. The first-order valence-electron chi connectivity index (χ1n) is 6.15. The van der Waals surface area contributed by atoms with Crippen LogP contribution in [0.1, 0.15) is 37.7 Å². The molecule has 0 heterocycles. The van der Waals surface area contributed by atoms with E-state index in [1.165, 1.54) is 31.4 Å². The summed E-state index contributed by atoms with van der Waals surface area (Å²) in [7, 11) is 0. The summed E-state index contributed by atoms with van der Waals surface area (Å²) in [4.78, 5) is 0. The van der Waals surface area contributed by atoms with Gasteiger partial charge in [-0.2, -0.15) is 0 Å². The fourth-order valence-electron chi connectivity index (χ4n) is 2.73. The predicted molar refractivity (Wildman–Crippen MR) is 71.4 cm³/mol. The molecule has 94 valence electrons. The van der Waals surface area contributed by atoms with Crippen LogP contribution < -0.4 is 0 Å². The minimum Gasteiger partial charge on any atom is -0.207 e. The van der Waals surface area contributed by atoms with E-state index in [1.54, 1.807) is 6.07 Å². The van der Waals surface area contributed by atoms with Gasteiger partial charge < -0.3 is 0 Å². The van der Waals surface area contributed by atoms with Crippen molar-refractivity contribution in [2.24, 2.45) is 5.41 Å². The maximum atomic E-state index is 13.0. The SMILES string of the molecule is Fc1ccc(CC2(CCl)CCCCC2)c(Cl)c1. The van der Waals surface area contributed by atoms with Crippen LogP contribution in [0.2, 0.25) is 5.02 Å². The topological polar surface area (TPSA) is 0 Å². The Bertz CT molecular complexity index is 384. The minimum absolute atomic E-state index is 0.168. The molecule has 0 atom stereocenters. The molecule has 2 rings (SSSR count). The second-order valence-electron chi connectivity index (χ2n) is 5.11. The first kappa shape index (κ1) is 13.2. The van der Waals surface area contributed by atoms with Crippen LogP contribution in [0.5, 0.6) is 0 Å². The molecule has 0 nitrogen and oxygen atoms in total. The Labute approximate surface area is 112 Å². The first-order chi connectivity index (χ1) is 8.15. The lowest BCUT2D eigenvalue weighted by Crippen LogP contribution is -2.28. The highest BCUT2D eigenvalue weighted by Crippen LogP contribution is 2.41. The molecular formula is C14H17Cl2F. The van der Waals surface area contributed by atoms with Gasteiger partial charge in [-0.1, -0.05) is 36.9 Å². The zero-order chi connectivity index (χ0) is 12.3. The summed E-state index contributed by atoms with van der Waals surface area (Å²) in [6, 6.07) is 4.66. The van der Waals surface area contributed by atoms with Gasteiger partial charge in [0.25, 0.3) is 0 Å². The maximum absolute atomic E-state index is 13.0. The van der Waals surface area contributed by atoms with Gasteiger partial charge in [0.2, 0.25) is 0 Å². The number of benzene rings is 1. The summed E-state index contributed by atoms with van der Waals surface area (Å²) in [6.07, 6.45) is 6.97. The van der Waals surface area contributed by atoms with Gasteiger partial charge in [0.05, 0.1) is 0 Å². The van der Waals surface area contributed by atoms with Crippen LogP contribution in [0, 0.1) is 11.2 Å². The molecule has 17 heavy (non-hydrogen) atoms. The fraction of sp³-hybridized carbons (Fsp3) is 0.571. The molecule has 0 unspecified atom stereocenters. The van der Waals surface area contributed by atoms with Crippen LogP contribution in [0.25, 0.3) is 0 Å². The highest BCUT2D eigenvalue weighted by Gasteiger charge is 2.31. The largest absolute Gasteiger partial charge is 0.207 e. The third-order valence-electron chi connectivity index (χ3n) is 3.78. The monoisotopic (exact) mass is 274 g/mol. The summed E-state index contributed by atoms with van der Waals surface area (Å²) in [5, 5.41) is 0.528. The molecule has 1 aromatic rings. The van der Waals surface area contributed by atoms with Gasteiger partial charge in [-0.3, -0.25) is 0 Å². The molecule has 0 aliphatic heterocycles. The lowest BCUT2D eigenvalue weighted by molar-refractivity contribution is 0.219. The van der Waals surface area contributed by atoms with Crippen molar-refractivity contribution in [2.45, 2.75) is 38.5 Å². The summed E-state index contributed by atoms with van der Waals surface area (Å²) in [5.74, 6) is 0.392. The Morgan fingerprint density at radius 1 is 1.18 bits per heavy atom. The maximum Gasteiger partial charge on any atom is 0.124 e. The number of hydrogen-bond acceptors (Lipinski definition) is 0. The van der Waals surface area contributed by atoms with Gasteiger partial charge >= 0.3 is 0 Å². The Morgan fingerprint density at radius 2 is 1.88 bits per heavy atom. The van der Waals surface area contributed by atoms with Crippen LogP contribution in [0.3, 0.4) is 0 Å². The summed E-state index contributed by atoms with van der Waals surface area (Å²) < 4.78 is 13.0. The molecule has 0 N–H and O–H groups in total. The van der Waals surface area contributed by atoms with E-state index in [0.29, 0.717) is 10.9 Å². The van der Waals surface area contributed by atoms with Crippen molar-refractivity contribution in [3.8, 4) is 0 Å². The standard InChI is InChI=1S/C14H17Cl2F/c15-10-14(6-2-1-3-7-14)9-11-4-5-12(17)8-13(11)16/h4-5,8H,1-3,6-7,9-10H2. The average molecular weight is 275 g/mol. The lowest BCUT2D eigenvalue weighted by Gasteiger charge is -2.36. The number of alkyl halides is 1. The highest BCUT2D eigenvalue weighted by atomic mass is 35.5. The van der Waals surface area contributed by atoms with Crippen molar-refractivity contribution in [1.29, 1.82) is 0 Å². The molecule has 1 fully saturated rings. The van der Waals surface area contributed by atoms with Crippen LogP contribution in [0.4, 0.5) is 4.39 Å². The van der Waals surface area contributed by atoms with Crippen molar-refractivity contribution >= 4 is 23.2 Å². The molecule has 0 aromatic heterocycles. The fourth-order valence-corrected chi connectivity index (χ4v) is 3.32. The number of rotatable bonds is 3. The molecule has 0 spiro atoms. The molecule has 0 saturated heterocycles.